The van der Waals surface area contributed by atoms with Gasteiger partial charge in [0.1, 0.15) is 24.3 Å². The number of amides is 1. The Morgan fingerprint density at radius 3 is 2.52 bits per heavy atom. The van der Waals surface area contributed by atoms with Crippen molar-refractivity contribution in [2.45, 2.75) is 19.9 Å². The summed E-state index contributed by atoms with van der Waals surface area (Å²) >= 11 is 0. The van der Waals surface area contributed by atoms with Crippen LogP contribution in [-0.2, 0) is 9.59 Å². The van der Waals surface area contributed by atoms with Gasteiger partial charge in [-0.3, -0.25) is 14.5 Å². The molecule has 8 heteroatoms. The summed E-state index contributed by atoms with van der Waals surface area (Å²) in [6, 6.07) is 14.8. The van der Waals surface area contributed by atoms with E-state index in [0.29, 0.717) is 22.7 Å². The molecule has 2 aromatic carbocycles. The van der Waals surface area contributed by atoms with Gasteiger partial charge >= 0.3 is 0 Å². The molecule has 1 aliphatic heterocycles. The van der Waals surface area contributed by atoms with Gasteiger partial charge < -0.3 is 19.5 Å². The Morgan fingerprint density at radius 1 is 1.15 bits per heavy atom. The summed E-state index contributed by atoms with van der Waals surface area (Å²) in [6.45, 7) is 3.29. The van der Waals surface area contributed by atoms with Crippen molar-refractivity contribution >= 4 is 17.4 Å². The van der Waals surface area contributed by atoms with E-state index in [1.54, 1.807) is 68.4 Å². The number of Topliss-reactive ketones (excluding diaryl/α,β-unsaturated/α-hetero) is 1. The molecule has 4 rings (SSSR count). The molecule has 0 fully saturated rings. The fourth-order valence-electron chi connectivity index (χ4n) is 3.88. The predicted molar refractivity (Wildman–Crippen MR) is 121 cm³/mol. The van der Waals surface area contributed by atoms with E-state index in [-0.39, 0.29) is 24.6 Å². The standard InChI is InChI=1S/C25H24N2O6/c1-15(2)23(29)21-22(18-5-3-4-6-20(18)32-14-12-28)27(25(31)24(21)30)17-9-7-16(8-10-17)19-11-13-33-26-19/h3-11,13,15,22,28,30H,12,14H2,1-2H3. The molecule has 1 atom stereocenters. The van der Waals surface area contributed by atoms with Gasteiger partial charge in [0.15, 0.2) is 11.5 Å². The number of carbonyl (C=O) groups excluding carboxylic acids is 2. The van der Waals surface area contributed by atoms with Crippen LogP contribution >= 0.6 is 0 Å². The monoisotopic (exact) mass is 448 g/mol. The summed E-state index contributed by atoms with van der Waals surface area (Å²) in [7, 11) is 0. The zero-order chi connectivity index (χ0) is 23.5. The number of nitrogens with zero attached hydrogens (tertiary/aromatic N) is 2. The Bertz CT molecular complexity index is 1180. The molecule has 33 heavy (non-hydrogen) atoms. The Kier molecular flexibility index (Phi) is 6.28. The Labute approximate surface area is 190 Å². The van der Waals surface area contributed by atoms with Crippen molar-refractivity contribution in [1.82, 2.24) is 5.16 Å². The van der Waals surface area contributed by atoms with Gasteiger partial charge in [-0.2, -0.15) is 0 Å². The van der Waals surface area contributed by atoms with Crippen molar-refractivity contribution in [2.24, 2.45) is 5.92 Å². The zero-order valence-corrected chi connectivity index (χ0v) is 18.3. The first kappa shape index (κ1) is 22.3. The van der Waals surface area contributed by atoms with Crippen LogP contribution in [0.3, 0.4) is 0 Å². The first-order chi connectivity index (χ1) is 15.9. The number of ether oxygens (including phenoxy) is 1. The average molecular weight is 448 g/mol. The number of hydrogen-bond donors (Lipinski definition) is 2. The normalized spacial score (nSPS) is 16.1. The number of aromatic nitrogens is 1. The molecular formula is C25H24N2O6. The number of ketones is 1. The smallest absolute Gasteiger partial charge is 0.294 e. The van der Waals surface area contributed by atoms with E-state index in [1.165, 1.54) is 11.2 Å². The number of anilines is 1. The molecule has 2 N–H and O–H groups in total. The summed E-state index contributed by atoms with van der Waals surface area (Å²) < 4.78 is 10.6. The molecule has 0 radical (unpaired) electrons. The van der Waals surface area contributed by atoms with Gasteiger partial charge in [0, 0.05) is 28.8 Å². The highest BCUT2D eigenvalue weighted by Gasteiger charge is 2.45. The number of aliphatic hydroxyl groups is 2. The SMILES string of the molecule is CC(C)C(=O)C1=C(O)C(=O)N(c2ccc(-c3ccon3)cc2)C1c1ccccc1OCCO. The summed E-state index contributed by atoms with van der Waals surface area (Å²) in [6.07, 6.45) is 1.47. The molecule has 1 aliphatic rings. The van der Waals surface area contributed by atoms with Crippen LogP contribution in [0.15, 0.2) is 76.7 Å². The maximum absolute atomic E-state index is 13.2. The highest BCUT2D eigenvalue weighted by atomic mass is 16.5. The number of aliphatic hydroxyl groups excluding tert-OH is 2. The largest absolute Gasteiger partial charge is 0.503 e. The molecule has 0 bridgehead atoms. The topological polar surface area (TPSA) is 113 Å². The van der Waals surface area contributed by atoms with Gasteiger partial charge in [0.05, 0.1) is 18.2 Å². The molecule has 1 amide bonds. The van der Waals surface area contributed by atoms with E-state index < -0.39 is 23.6 Å². The molecule has 0 spiro atoms. The quantitative estimate of drug-likeness (QED) is 0.538. The minimum Gasteiger partial charge on any atom is -0.503 e. The lowest BCUT2D eigenvalue weighted by Crippen LogP contribution is -2.31. The zero-order valence-electron chi connectivity index (χ0n) is 18.3. The summed E-state index contributed by atoms with van der Waals surface area (Å²) in [5, 5.41) is 23.9. The van der Waals surface area contributed by atoms with E-state index in [4.69, 9.17) is 9.26 Å². The van der Waals surface area contributed by atoms with Gasteiger partial charge in [0.25, 0.3) is 5.91 Å². The fourth-order valence-corrected chi connectivity index (χ4v) is 3.88. The lowest BCUT2D eigenvalue weighted by atomic mass is 9.90. The molecular weight excluding hydrogens is 424 g/mol. The van der Waals surface area contributed by atoms with Crippen molar-refractivity contribution in [1.29, 1.82) is 0 Å². The molecule has 170 valence electrons. The molecule has 0 saturated heterocycles. The highest BCUT2D eigenvalue weighted by molar-refractivity contribution is 6.17. The lowest BCUT2D eigenvalue weighted by Gasteiger charge is -2.28. The third kappa shape index (κ3) is 4.12. The van der Waals surface area contributed by atoms with Crippen LogP contribution < -0.4 is 9.64 Å². The number of carbonyl (C=O) groups is 2. The molecule has 3 aromatic rings. The summed E-state index contributed by atoms with van der Waals surface area (Å²) in [5.41, 5.74) is 2.49. The van der Waals surface area contributed by atoms with Gasteiger partial charge in [-0.1, -0.05) is 49.3 Å². The van der Waals surface area contributed by atoms with Crippen molar-refractivity contribution < 1.29 is 29.1 Å². The van der Waals surface area contributed by atoms with Crippen molar-refractivity contribution in [2.75, 3.05) is 18.1 Å². The predicted octanol–water partition coefficient (Wildman–Crippen LogP) is 3.84. The number of hydrogen-bond acceptors (Lipinski definition) is 7. The minimum absolute atomic E-state index is 0.0237. The second kappa shape index (κ2) is 9.30. The molecule has 8 nitrogen and oxygen atoms in total. The van der Waals surface area contributed by atoms with Crippen LogP contribution in [-0.4, -0.2) is 40.3 Å². The second-order valence-corrected chi connectivity index (χ2v) is 7.90. The van der Waals surface area contributed by atoms with E-state index in [1.807, 2.05) is 0 Å². The number of rotatable bonds is 8. The Hall–Kier alpha value is -3.91. The molecule has 0 saturated carbocycles. The van der Waals surface area contributed by atoms with Gasteiger partial charge in [-0.05, 0) is 18.2 Å². The van der Waals surface area contributed by atoms with Crippen molar-refractivity contribution in [3.63, 3.8) is 0 Å². The van der Waals surface area contributed by atoms with E-state index in [9.17, 15) is 19.8 Å². The first-order valence-corrected chi connectivity index (χ1v) is 10.6. The molecule has 1 unspecified atom stereocenters. The van der Waals surface area contributed by atoms with E-state index in [0.717, 1.165) is 5.56 Å². The van der Waals surface area contributed by atoms with Crippen LogP contribution in [0, 0.1) is 5.92 Å². The van der Waals surface area contributed by atoms with Crippen molar-refractivity contribution in [3.8, 4) is 17.0 Å². The molecule has 2 heterocycles. The Balaban J connectivity index is 1.83. The molecule has 1 aromatic heterocycles. The van der Waals surface area contributed by atoms with E-state index in [2.05, 4.69) is 5.16 Å². The molecule has 0 aliphatic carbocycles. The Morgan fingerprint density at radius 2 is 1.88 bits per heavy atom. The van der Waals surface area contributed by atoms with Crippen LogP contribution in [0.4, 0.5) is 5.69 Å². The average Bonchev–Trinajstić information content (AvgIpc) is 3.45. The lowest BCUT2D eigenvalue weighted by molar-refractivity contribution is -0.119. The van der Waals surface area contributed by atoms with Gasteiger partial charge in [0.2, 0.25) is 0 Å². The maximum atomic E-state index is 13.2. The number of para-hydroxylation sites is 1. The third-order valence-electron chi connectivity index (χ3n) is 5.44. The third-order valence-corrected chi connectivity index (χ3v) is 5.44. The maximum Gasteiger partial charge on any atom is 0.294 e. The highest BCUT2D eigenvalue weighted by Crippen LogP contribution is 2.44. The van der Waals surface area contributed by atoms with Crippen LogP contribution in [0.2, 0.25) is 0 Å². The van der Waals surface area contributed by atoms with Crippen LogP contribution in [0.1, 0.15) is 25.5 Å². The van der Waals surface area contributed by atoms with Crippen LogP contribution in [0.5, 0.6) is 5.75 Å². The van der Waals surface area contributed by atoms with Gasteiger partial charge in [-0.25, -0.2) is 0 Å². The van der Waals surface area contributed by atoms with Crippen molar-refractivity contribution in [3.05, 3.63) is 77.8 Å². The first-order valence-electron chi connectivity index (χ1n) is 10.6. The van der Waals surface area contributed by atoms with Gasteiger partial charge in [-0.15, -0.1) is 0 Å². The summed E-state index contributed by atoms with van der Waals surface area (Å²) in [5.74, 6) is -1.59. The minimum atomic E-state index is -0.889. The number of benzene rings is 2. The van der Waals surface area contributed by atoms with Crippen LogP contribution in [0.25, 0.3) is 11.3 Å². The fraction of sp³-hybridized carbons (Fsp3) is 0.240. The summed E-state index contributed by atoms with van der Waals surface area (Å²) in [4.78, 5) is 27.7. The van der Waals surface area contributed by atoms with E-state index >= 15 is 0 Å². The second-order valence-electron chi connectivity index (χ2n) is 7.90.